The lowest BCUT2D eigenvalue weighted by Crippen LogP contribution is -2.35. The highest BCUT2D eigenvalue weighted by molar-refractivity contribution is 5.76. The highest BCUT2D eigenvalue weighted by atomic mass is 16.5. The number of carbonyl (C=O) groups excluding carboxylic acids is 1. The van der Waals surface area contributed by atoms with Crippen molar-refractivity contribution in [1.29, 1.82) is 0 Å². The Kier molecular flexibility index (Phi) is 3.65. The zero-order valence-electron chi connectivity index (χ0n) is 10.8. The maximum Gasteiger partial charge on any atom is 0.225 e. The average Bonchev–Trinajstić information content (AvgIpc) is 2.88. The van der Waals surface area contributed by atoms with Gasteiger partial charge in [0.15, 0.2) is 5.82 Å². The number of rotatable bonds is 4. The summed E-state index contributed by atoms with van der Waals surface area (Å²) in [5.74, 6) is 0.892. The Hall–Kier alpha value is -1.43. The van der Waals surface area contributed by atoms with E-state index in [9.17, 15) is 9.90 Å². The molecule has 0 spiro atoms. The van der Waals surface area contributed by atoms with E-state index in [1.807, 2.05) is 0 Å². The molecule has 6 heteroatoms. The second-order valence-electron chi connectivity index (χ2n) is 5.09. The molecule has 1 aromatic rings. The number of amides is 1. The monoisotopic (exact) mass is 253 g/mol. The van der Waals surface area contributed by atoms with Gasteiger partial charge in [0.1, 0.15) is 0 Å². The molecular formula is C12H19N3O3. The summed E-state index contributed by atoms with van der Waals surface area (Å²) in [5, 5.41) is 13.9. The number of carbonyl (C=O) groups is 1. The zero-order chi connectivity index (χ0) is 13.2. The molecule has 1 aromatic heterocycles. The third-order valence-corrected chi connectivity index (χ3v) is 3.39. The zero-order valence-corrected chi connectivity index (χ0v) is 10.8. The Bertz CT molecular complexity index is 424. The first-order chi connectivity index (χ1) is 8.48. The van der Waals surface area contributed by atoms with E-state index in [0.717, 1.165) is 12.8 Å². The first-order valence-electron chi connectivity index (χ1n) is 6.24. The van der Waals surface area contributed by atoms with Crippen LogP contribution in [-0.2, 0) is 11.3 Å². The number of hydrogen-bond donors (Lipinski definition) is 1. The molecule has 0 saturated heterocycles. The SMILES string of the molecule is Cc1nc(CN(C)C(=O)CC2(O)CCCC2)no1. The molecule has 1 saturated carbocycles. The third-order valence-electron chi connectivity index (χ3n) is 3.39. The van der Waals surface area contributed by atoms with Crippen LogP contribution in [0.15, 0.2) is 4.52 Å². The van der Waals surface area contributed by atoms with Gasteiger partial charge >= 0.3 is 0 Å². The molecule has 1 amide bonds. The van der Waals surface area contributed by atoms with Crippen molar-refractivity contribution in [2.24, 2.45) is 0 Å². The topological polar surface area (TPSA) is 79.5 Å². The van der Waals surface area contributed by atoms with Crippen molar-refractivity contribution in [2.75, 3.05) is 7.05 Å². The lowest BCUT2D eigenvalue weighted by atomic mass is 9.97. The highest BCUT2D eigenvalue weighted by Crippen LogP contribution is 2.32. The van der Waals surface area contributed by atoms with Gasteiger partial charge in [0.25, 0.3) is 0 Å². The Morgan fingerprint density at radius 2 is 2.17 bits per heavy atom. The number of aryl methyl sites for hydroxylation is 1. The number of aliphatic hydroxyl groups is 1. The molecule has 1 heterocycles. The summed E-state index contributed by atoms with van der Waals surface area (Å²) in [6.07, 6.45) is 3.61. The molecule has 100 valence electrons. The molecule has 1 N–H and O–H groups in total. The molecule has 2 rings (SSSR count). The fraction of sp³-hybridized carbons (Fsp3) is 0.750. The van der Waals surface area contributed by atoms with Gasteiger partial charge < -0.3 is 14.5 Å². The van der Waals surface area contributed by atoms with Gasteiger partial charge in [0, 0.05) is 14.0 Å². The van der Waals surface area contributed by atoms with E-state index in [-0.39, 0.29) is 12.3 Å². The predicted octanol–water partition coefficient (Wildman–Crippen LogP) is 1.03. The van der Waals surface area contributed by atoms with Gasteiger partial charge in [-0.3, -0.25) is 4.79 Å². The van der Waals surface area contributed by atoms with Crippen LogP contribution in [0.3, 0.4) is 0 Å². The minimum atomic E-state index is -0.807. The van der Waals surface area contributed by atoms with Crippen LogP contribution in [0.4, 0.5) is 0 Å². The van der Waals surface area contributed by atoms with Crippen molar-refractivity contribution in [3.8, 4) is 0 Å². The quantitative estimate of drug-likeness (QED) is 0.867. The minimum Gasteiger partial charge on any atom is -0.389 e. The molecule has 1 aliphatic carbocycles. The van der Waals surface area contributed by atoms with Crippen LogP contribution in [0.2, 0.25) is 0 Å². The van der Waals surface area contributed by atoms with Gasteiger partial charge in [0.2, 0.25) is 11.8 Å². The smallest absolute Gasteiger partial charge is 0.225 e. The second kappa shape index (κ2) is 5.06. The van der Waals surface area contributed by atoms with Gasteiger partial charge in [-0.05, 0) is 12.8 Å². The molecule has 0 unspecified atom stereocenters. The third kappa shape index (κ3) is 3.07. The van der Waals surface area contributed by atoms with Gasteiger partial charge in [0.05, 0.1) is 18.6 Å². The van der Waals surface area contributed by atoms with E-state index in [1.165, 1.54) is 4.90 Å². The van der Waals surface area contributed by atoms with E-state index in [0.29, 0.717) is 31.1 Å². The fourth-order valence-electron chi connectivity index (χ4n) is 2.33. The lowest BCUT2D eigenvalue weighted by Gasteiger charge is -2.24. The summed E-state index contributed by atoms with van der Waals surface area (Å²) in [7, 11) is 1.69. The standard InChI is InChI=1S/C12H19N3O3/c1-9-13-10(14-18-9)8-15(2)11(16)7-12(17)5-3-4-6-12/h17H,3-8H2,1-2H3. The Morgan fingerprint density at radius 3 is 2.72 bits per heavy atom. The van der Waals surface area contributed by atoms with Crippen molar-refractivity contribution >= 4 is 5.91 Å². The summed E-state index contributed by atoms with van der Waals surface area (Å²) in [5.41, 5.74) is -0.807. The van der Waals surface area contributed by atoms with E-state index < -0.39 is 5.60 Å². The molecular weight excluding hydrogens is 234 g/mol. The molecule has 0 bridgehead atoms. The van der Waals surface area contributed by atoms with Crippen LogP contribution in [0.5, 0.6) is 0 Å². The summed E-state index contributed by atoms with van der Waals surface area (Å²) < 4.78 is 4.85. The van der Waals surface area contributed by atoms with Crippen molar-refractivity contribution in [3.05, 3.63) is 11.7 Å². The van der Waals surface area contributed by atoms with Crippen molar-refractivity contribution in [1.82, 2.24) is 15.0 Å². The fourth-order valence-corrected chi connectivity index (χ4v) is 2.33. The Morgan fingerprint density at radius 1 is 1.50 bits per heavy atom. The Labute approximate surface area is 106 Å². The summed E-state index contributed by atoms with van der Waals surface area (Å²) in [6, 6.07) is 0. The van der Waals surface area contributed by atoms with E-state index in [4.69, 9.17) is 4.52 Å². The van der Waals surface area contributed by atoms with Gasteiger partial charge in [-0.25, -0.2) is 0 Å². The number of nitrogens with zero attached hydrogens (tertiary/aromatic N) is 3. The van der Waals surface area contributed by atoms with Crippen molar-refractivity contribution < 1.29 is 14.4 Å². The van der Waals surface area contributed by atoms with Gasteiger partial charge in [-0.1, -0.05) is 18.0 Å². The lowest BCUT2D eigenvalue weighted by molar-refractivity contribution is -0.135. The molecule has 0 atom stereocenters. The van der Waals surface area contributed by atoms with Crippen LogP contribution in [0.1, 0.15) is 43.8 Å². The van der Waals surface area contributed by atoms with E-state index in [2.05, 4.69) is 10.1 Å². The Balaban J connectivity index is 1.88. The maximum absolute atomic E-state index is 12.0. The van der Waals surface area contributed by atoms with Crippen LogP contribution < -0.4 is 0 Å². The summed E-state index contributed by atoms with van der Waals surface area (Å²) in [6.45, 7) is 2.02. The number of aromatic nitrogens is 2. The van der Waals surface area contributed by atoms with Gasteiger partial charge in [-0.15, -0.1) is 0 Å². The van der Waals surface area contributed by atoms with Crippen LogP contribution in [0.25, 0.3) is 0 Å². The predicted molar refractivity (Wildman–Crippen MR) is 63.5 cm³/mol. The molecule has 0 aromatic carbocycles. The molecule has 0 aliphatic heterocycles. The molecule has 6 nitrogen and oxygen atoms in total. The van der Waals surface area contributed by atoms with E-state index in [1.54, 1.807) is 14.0 Å². The highest BCUT2D eigenvalue weighted by Gasteiger charge is 2.34. The van der Waals surface area contributed by atoms with Crippen LogP contribution in [0, 0.1) is 6.92 Å². The summed E-state index contributed by atoms with van der Waals surface area (Å²) in [4.78, 5) is 17.6. The minimum absolute atomic E-state index is 0.0816. The molecule has 18 heavy (non-hydrogen) atoms. The van der Waals surface area contributed by atoms with Gasteiger partial charge in [-0.2, -0.15) is 4.98 Å². The molecule has 1 fully saturated rings. The maximum atomic E-state index is 12.0. The van der Waals surface area contributed by atoms with Crippen LogP contribution >= 0.6 is 0 Å². The van der Waals surface area contributed by atoms with Crippen LogP contribution in [-0.4, -0.2) is 38.7 Å². The first kappa shape index (κ1) is 13.0. The molecule has 1 aliphatic rings. The molecule has 0 radical (unpaired) electrons. The normalized spacial score (nSPS) is 17.9. The van der Waals surface area contributed by atoms with Crippen molar-refractivity contribution in [3.63, 3.8) is 0 Å². The number of hydrogen-bond acceptors (Lipinski definition) is 5. The largest absolute Gasteiger partial charge is 0.389 e. The second-order valence-corrected chi connectivity index (χ2v) is 5.09. The van der Waals surface area contributed by atoms with E-state index >= 15 is 0 Å². The summed E-state index contributed by atoms with van der Waals surface area (Å²) >= 11 is 0. The average molecular weight is 253 g/mol. The first-order valence-corrected chi connectivity index (χ1v) is 6.24. The van der Waals surface area contributed by atoms with Crippen molar-refractivity contribution in [2.45, 2.75) is 51.2 Å².